The molecule has 0 atom stereocenters. The van der Waals surface area contributed by atoms with Crippen molar-refractivity contribution >= 4 is 39.4 Å². The van der Waals surface area contributed by atoms with Crippen LogP contribution in [0.15, 0.2) is 53.0 Å². The average molecular weight is 459 g/mol. The number of hydrogen-bond donors (Lipinski definition) is 2. The molecule has 0 heterocycles. The first kappa shape index (κ1) is 21.4. The number of halogens is 4. The van der Waals surface area contributed by atoms with E-state index in [1.165, 1.54) is 0 Å². The molecule has 148 valence electrons. The zero-order valence-corrected chi connectivity index (χ0v) is 15.8. The highest BCUT2D eigenvalue weighted by Gasteiger charge is 2.30. The van der Waals surface area contributed by atoms with Crippen molar-refractivity contribution in [1.29, 1.82) is 0 Å². The van der Waals surface area contributed by atoms with Crippen LogP contribution in [0.25, 0.3) is 0 Å². The molecule has 0 radical (unpaired) electrons. The van der Waals surface area contributed by atoms with Gasteiger partial charge in [-0.1, -0.05) is 12.1 Å². The Balaban J connectivity index is 1.76. The van der Waals surface area contributed by atoms with Crippen molar-refractivity contribution in [3.63, 3.8) is 0 Å². The number of para-hydroxylation sites is 1. The summed E-state index contributed by atoms with van der Waals surface area (Å²) in [7, 11) is 0. The molecule has 10 heteroatoms. The minimum absolute atomic E-state index is 0.0486. The minimum Gasteiger partial charge on any atom is -0.454 e. The second-order valence-corrected chi connectivity index (χ2v) is 6.30. The molecular formula is C18H14BrF3N2O4. The molecule has 0 bridgehead atoms. The van der Waals surface area contributed by atoms with Crippen LogP contribution >= 0.6 is 15.9 Å². The molecule has 6 nitrogen and oxygen atoms in total. The van der Waals surface area contributed by atoms with Crippen molar-refractivity contribution in [2.45, 2.75) is 6.18 Å². The summed E-state index contributed by atoms with van der Waals surface area (Å²) >= 11 is 3.25. The summed E-state index contributed by atoms with van der Waals surface area (Å²) in [5.41, 5.74) is -0.439. The van der Waals surface area contributed by atoms with E-state index in [4.69, 9.17) is 4.74 Å². The van der Waals surface area contributed by atoms with Crippen molar-refractivity contribution in [2.75, 3.05) is 18.5 Å². The Bertz CT molecular complexity index is 870. The van der Waals surface area contributed by atoms with Crippen molar-refractivity contribution in [3.05, 3.63) is 64.1 Å². The number of carbonyl (C=O) groups excluding carboxylic acids is 3. The van der Waals surface area contributed by atoms with Crippen LogP contribution in [0.2, 0.25) is 0 Å². The molecule has 2 aromatic carbocycles. The Morgan fingerprint density at radius 1 is 1.00 bits per heavy atom. The number of ether oxygens (including phenoxy) is 1. The number of anilines is 1. The third-order valence-corrected chi connectivity index (χ3v) is 4.07. The Morgan fingerprint density at radius 2 is 1.64 bits per heavy atom. The highest BCUT2D eigenvalue weighted by Crippen LogP contribution is 2.29. The largest absolute Gasteiger partial charge is 0.454 e. The lowest BCUT2D eigenvalue weighted by atomic mass is 10.1. The minimum atomic E-state index is -4.51. The van der Waals surface area contributed by atoms with Crippen molar-refractivity contribution < 1.29 is 32.3 Å². The van der Waals surface area contributed by atoms with Gasteiger partial charge in [0.25, 0.3) is 11.8 Å². The van der Waals surface area contributed by atoms with Gasteiger partial charge in [-0.3, -0.25) is 14.4 Å². The molecule has 0 fully saturated rings. The van der Waals surface area contributed by atoms with Crippen LogP contribution in [-0.4, -0.2) is 30.9 Å². The van der Waals surface area contributed by atoms with E-state index in [2.05, 4.69) is 26.6 Å². The Morgan fingerprint density at radius 3 is 2.25 bits per heavy atom. The second kappa shape index (κ2) is 9.36. The molecule has 0 aliphatic carbocycles. The van der Waals surface area contributed by atoms with Gasteiger partial charge in [0.15, 0.2) is 6.61 Å². The third-order valence-electron chi connectivity index (χ3n) is 3.38. The zero-order chi connectivity index (χ0) is 20.7. The van der Waals surface area contributed by atoms with E-state index < -0.39 is 42.7 Å². The molecule has 2 aromatic rings. The van der Waals surface area contributed by atoms with E-state index in [-0.39, 0.29) is 5.56 Å². The Kier molecular flexibility index (Phi) is 7.16. The summed E-state index contributed by atoms with van der Waals surface area (Å²) < 4.78 is 42.8. The maximum Gasteiger partial charge on any atom is 0.416 e. The van der Waals surface area contributed by atoms with Gasteiger partial charge >= 0.3 is 12.1 Å². The molecule has 0 unspecified atom stereocenters. The molecule has 2 N–H and O–H groups in total. The molecule has 2 rings (SSSR count). The summed E-state index contributed by atoms with van der Waals surface area (Å²) in [6, 6.07) is 10.4. The molecule has 28 heavy (non-hydrogen) atoms. The third kappa shape index (κ3) is 6.38. The number of nitrogens with one attached hydrogen (secondary N) is 2. The van der Waals surface area contributed by atoms with Crippen LogP contribution < -0.4 is 10.6 Å². The first-order chi connectivity index (χ1) is 13.2. The van der Waals surface area contributed by atoms with Crippen LogP contribution in [0.1, 0.15) is 15.9 Å². The fourth-order valence-electron chi connectivity index (χ4n) is 2.01. The van der Waals surface area contributed by atoms with Gasteiger partial charge in [0.2, 0.25) is 0 Å². The van der Waals surface area contributed by atoms with Gasteiger partial charge in [0.05, 0.1) is 11.3 Å². The van der Waals surface area contributed by atoms with Gasteiger partial charge in [-0.05, 0) is 52.3 Å². The van der Waals surface area contributed by atoms with Crippen LogP contribution in [0.3, 0.4) is 0 Å². The van der Waals surface area contributed by atoms with Crippen LogP contribution in [0, 0.1) is 0 Å². The fourth-order valence-corrected chi connectivity index (χ4v) is 2.39. The van der Waals surface area contributed by atoms with Gasteiger partial charge in [-0.2, -0.15) is 13.2 Å². The summed E-state index contributed by atoms with van der Waals surface area (Å²) in [5, 5.41) is 4.74. The predicted molar refractivity (Wildman–Crippen MR) is 97.5 cm³/mol. The highest BCUT2D eigenvalue weighted by atomic mass is 79.9. The molecular weight excluding hydrogens is 445 g/mol. The number of rotatable bonds is 6. The zero-order valence-electron chi connectivity index (χ0n) is 14.2. The van der Waals surface area contributed by atoms with Crippen molar-refractivity contribution in [1.82, 2.24) is 5.32 Å². The number of hydrogen-bond acceptors (Lipinski definition) is 4. The lowest BCUT2D eigenvalue weighted by Gasteiger charge is -2.09. The molecule has 0 saturated carbocycles. The summed E-state index contributed by atoms with van der Waals surface area (Å²) in [6.45, 7) is -1.10. The summed E-state index contributed by atoms with van der Waals surface area (Å²) in [6.07, 6.45) is -4.51. The number of carbonyl (C=O) groups is 3. The van der Waals surface area contributed by atoms with E-state index >= 15 is 0 Å². The number of alkyl halides is 3. The highest BCUT2D eigenvalue weighted by molar-refractivity contribution is 9.10. The molecule has 2 amide bonds. The monoisotopic (exact) mass is 458 g/mol. The van der Waals surface area contributed by atoms with E-state index in [0.29, 0.717) is 10.2 Å². The standard InChI is InChI=1S/C18H14BrF3N2O4/c19-13-3-1-2-4-14(13)24-15(25)10-28-16(26)9-23-17(27)11-5-7-12(8-6-11)18(20,21)22/h1-8H,9-10H2,(H,23,27)(H,24,25). The van der Waals surface area contributed by atoms with Crippen LogP contribution in [0.4, 0.5) is 18.9 Å². The second-order valence-electron chi connectivity index (χ2n) is 5.45. The predicted octanol–water partition coefficient (Wildman–Crippen LogP) is 3.38. The maximum atomic E-state index is 12.5. The van der Waals surface area contributed by atoms with E-state index in [1.54, 1.807) is 24.3 Å². The first-order valence-electron chi connectivity index (χ1n) is 7.82. The SMILES string of the molecule is O=C(COC(=O)CNC(=O)c1ccc(C(F)(F)F)cc1)Nc1ccccc1Br. The average Bonchev–Trinajstić information content (AvgIpc) is 2.65. The van der Waals surface area contributed by atoms with Gasteiger partial charge in [-0.25, -0.2) is 0 Å². The summed E-state index contributed by atoms with van der Waals surface area (Å²) in [4.78, 5) is 35.2. The molecule has 0 aliphatic rings. The normalized spacial score (nSPS) is 10.9. The van der Waals surface area contributed by atoms with Crippen molar-refractivity contribution in [3.8, 4) is 0 Å². The van der Waals surface area contributed by atoms with Crippen LogP contribution in [-0.2, 0) is 20.5 Å². The van der Waals surface area contributed by atoms with Gasteiger partial charge in [-0.15, -0.1) is 0 Å². The lowest BCUT2D eigenvalue weighted by molar-refractivity contribution is -0.146. The molecule has 0 aliphatic heterocycles. The number of amides is 2. The van der Waals surface area contributed by atoms with E-state index in [0.717, 1.165) is 24.3 Å². The number of benzene rings is 2. The smallest absolute Gasteiger partial charge is 0.416 e. The Hall–Kier alpha value is -2.88. The molecule has 0 spiro atoms. The number of esters is 1. The summed E-state index contributed by atoms with van der Waals surface area (Å²) in [5.74, 6) is -2.19. The molecule has 0 saturated heterocycles. The first-order valence-corrected chi connectivity index (χ1v) is 8.61. The van der Waals surface area contributed by atoms with Gasteiger partial charge in [0, 0.05) is 10.0 Å². The van der Waals surface area contributed by atoms with Crippen molar-refractivity contribution in [2.24, 2.45) is 0 Å². The van der Waals surface area contributed by atoms with E-state index in [1.807, 2.05) is 0 Å². The van der Waals surface area contributed by atoms with Crippen LogP contribution in [0.5, 0.6) is 0 Å². The topological polar surface area (TPSA) is 84.5 Å². The maximum absolute atomic E-state index is 12.5. The quantitative estimate of drug-likeness (QED) is 0.649. The lowest BCUT2D eigenvalue weighted by Crippen LogP contribution is -2.32. The van der Waals surface area contributed by atoms with E-state index in [9.17, 15) is 27.6 Å². The molecule has 0 aromatic heterocycles. The fraction of sp³-hybridized carbons (Fsp3) is 0.167. The van der Waals surface area contributed by atoms with Gasteiger partial charge < -0.3 is 15.4 Å². The Labute approximate surface area is 166 Å². The van der Waals surface area contributed by atoms with Gasteiger partial charge in [0.1, 0.15) is 6.54 Å².